The van der Waals surface area contributed by atoms with Crippen LogP contribution in [0.1, 0.15) is 12.5 Å². The quantitative estimate of drug-likeness (QED) is 0.790. The van der Waals surface area contributed by atoms with E-state index < -0.39 is 15.7 Å². The van der Waals surface area contributed by atoms with Gasteiger partial charge in [0.05, 0.1) is 4.90 Å². The lowest BCUT2D eigenvalue weighted by Gasteiger charge is -2.08. The predicted molar refractivity (Wildman–Crippen MR) is 55.5 cm³/mol. The lowest BCUT2D eigenvalue weighted by atomic mass is 10.2. The molecule has 0 heterocycles. The molecule has 0 amide bonds. The van der Waals surface area contributed by atoms with Crippen molar-refractivity contribution in [2.24, 2.45) is 0 Å². The summed E-state index contributed by atoms with van der Waals surface area (Å²) < 4.78 is 50.3. The Kier molecular flexibility index (Phi) is 4.09. The van der Waals surface area contributed by atoms with E-state index in [0.29, 0.717) is 12.0 Å². The first-order chi connectivity index (χ1) is 7.34. The first kappa shape index (κ1) is 13.2. The zero-order valence-corrected chi connectivity index (χ0v) is 9.86. The van der Waals surface area contributed by atoms with Crippen molar-refractivity contribution in [2.45, 2.75) is 24.9 Å². The van der Waals surface area contributed by atoms with Crippen LogP contribution in [-0.2, 0) is 15.5 Å². The molecule has 1 rings (SSSR count). The van der Waals surface area contributed by atoms with Crippen LogP contribution < -0.4 is 4.74 Å². The molecule has 0 atom stereocenters. The highest BCUT2D eigenvalue weighted by atomic mass is 35.7. The zero-order chi connectivity index (χ0) is 12.3. The van der Waals surface area contributed by atoms with Gasteiger partial charge in [-0.15, -0.1) is 0 Å². The van der Waals surface area contributed by atoms with E-state index in [1.54, 1.807) is 6.92 Å². The van der Waals surface area contributed by atoms with Gasteiger partial charge in [-0.3, -0.25) is 0 Å². The molecule has 0 fully saturated rings. The Balaban J connectivity index is 3.22. The SMILES string of the molecule is CCc1ccc(OC(F)F)cc1S(=O)(=O)Cl. The summed E-state index contributed by atoms with van der Waals surface area (Å²) in [5.41, 5.74) is 0.455. The Morgan fingerprint density at radius 2 is 2.06 bits per heavy atom. The smallest absolute Gasteiger partial charge is 0.387 e. The van der Waals surface area contributed by atoms with Gasteiger partial charge in [-0.05, 0) is 18.1 Å². The number of aryl methyl sites for hydroxylation is 1. The zero-order valence-electron chi connectivity index (χ0n) is 8.28. The lowest BCUT2D eigenvalue weighted by Crippen LogP contribution is -2.04. The maximum atomic E-state index is 11.9. The van der Waals surface area contributed by atoms with E-state index in [2.05, 4.69) is 4.74 Å². The molecule has 0 saturated carbocycles. The number of rotatable bonds is 4. The third-order valence-electron chi connectivity index (χ3n) is 1.91. The van der Waals surface area contributed by atoms with Gasteiger partial charge in [-0.1, -0.05) is 13.0 Å². The van der Waals surface area contributed by atoms with Crippen molar-refractivity contribution in [1.29, 1.82) is 0 Å². The number of hydrogen-bond donors (Lipinski definition) is 0. The molecule has 7 heteroatoms. The molecule has 0 aromatic heterocycles. The number of ether oxygens (including phenoxy) is 1. The van der Waals surface area contributed by atoms with Crippen molar-refractivity contribution < 1.29 is 21.9 Å². The summed E-state index contributed by atoms with van der Waals surface area (Å²) in [5.74, 6) is -0.230. The highest BCUT2D eigenvalue weighted by Gasteiger charge is 2.17. The van der Waals surface area contributed by atoms with Crippen molar-refractivity contribution in [3.05, 3.63) is 23.8 Å². The maximum absolute atomic E-state index is 11.9. The molecule has 90 valence electrons. The normalized spacial score (nSPS) is 11.8. The van der Waals surface area contributed by atoms with Gasteiger partial charge in [-0.25, -0.2) is 8.42 Å². The summed E-state index contributed by atoms with van der Waals surface area (Å²) >= 11 is 0. The summed E-state index contributed by atoms with van der Waals surface area (Å²) in [5, 5.41) is 0. The fourth-order valence-corrected chi connectivity index (χ4v) is 2.44. The molecule has 0 aliphatic heterocycles. The maximum Gasteiger partial charge on any atom is 0.387 e. The molecule has 0 saturated heterocycles. The highest BCUT2D eigenvalue weighted by Crippen LogP contribution is 2.26. The van der Waals surface area contributed by atoms with Crippen LogP contribution in [-0.4, -0.2) is 15.0 Å². The Labute approximate surface area is 96.4 Å². The first-order valence-corrected chi connectivity index (χ1v) is 6.68. The van der Waals surface area contributed by atoms with Gasteiger partial charge in [0, 0.05) is 16.7 Å². The van der Waals surface area contributed by atoms with Crippen molar-refractivity contribution in [2.75, 3.05) is 0 Å². The summed E-state index contributed by atoms with van der Waals surface area (Å²) in [6.45, 7) is -1.27. The van der Waals surface area contributed by atoms with Crippen molar-refractivity contribution in [3.63, 3.8) is 0 Å². The van der Waals surface area contributed by atoms with Crippen LogP contribution in [0.3, 0.4) is 0 Å². The fourth-order valence-electron chi connectivity index (χ4n) is 1.23. The molecular formula is C9H9ClF2O3S. The van der Waals surface area contributed by atoms with E-state index in [1.165, 1.54) is 12.1 Å². The first-order valence-electron chi connectivity index (χ1n) is 4.37. The monoisotopic (exact) mass is 270 g/mol. The van der Waals surface area contributed by atoms with E-state index in [4.69, 9.17) is 10.7 Å². The topological polar surface area (TPSA) is 43.4 Å². The number of alkyl halides is 2. The van der Waals surface area contributed by atoms with Crippen LogP contribution in [0.5, 0.6) is 5.75 Å². The number of hydrogen-bond acceptors (Lipinski definition) is 3. The molecular weight excluding hydrogens is 262 g/mol. The summed E-state index contributed by atoms with van der Waals surface area (Å²) in [6.07, 6.45) is 0.427. The van der Waals surface area contributed by atoms with Crippen LogP contribution in [0, 0.1) is 0 Å². The predicted octanol–water partition coefficient (Wildman–Crippen LogP) is 2.78. The minimum Gasteiger partial charge on any atom is -0.435 e. The van der Waals surface area contributed by atoms with Gasteiger partial charge in [0.2, 0.25) is 0 Å². The summed E-state index contributed by atoms with van der Waals surface area (Å²) in [6, 6.07) is 3.66. The largest absolute Gasteiger partial charge is 0.435 e. The Morgan fingerprint density at radius 1 is 1.44 bits per heavy atom. The summed E-state index contributed by atoms with van der Waals surface area (Å²) in [4.78, 5) is -0.199. The van der Waals surface area contributed by atoms with Crippen LogP contribution in [0.15, 0.2) is 23.1 Å². The van der Waals surface area contributed by atoms with Gasteiger partial charge >= 0.3 is 6.61 Å². The molecule has 0 radical (unpaired) electrons. The number of benzene rings is 1. The minimum absolute atomic E-state index is 0.199. The average molecular weight is 271 g/mol. The van der Waals surface area contributed by atoms with E-state index in [1.807, 2.05) is 0 Å². The molecule has 3 nitrogen and oxygen atoms in total. The summed E-state index contributed by atoms with van der Waals surface area (Å²) in [7, 11) is 1.22. The average Bonchev–Trinajstić information content (AvgIpc) is 2.15. The van der Waals surface area contributed by atoms with E-state index in [9.17, 15) is 17.2 Å². The van der Waals surface area contributed by atoms with E-state index >= 15 is 0 Å². The second-order valence-corrected chi connectivity index (χ2v) is 5.47. The molecule has 0 N–H and O–H groups in total. The molecule has 0 aliphatic carbocycles. The van der Waals surface area contributed by atoms with Crippen LogP contribution >= 0.6 is 10.7 Å². The second-order valence-electron chi connectivity index (χ2n) is 2.94. The molecule has 1 aromatic carbocycles. The van der Waals surface area contributed by atoms with Crippen LogP contribution in [0.25, 0.3) is 0 Å². The number of halogens is 3. The molecule has 0 bridgehead atoms. The van der Waals surface area contributed by atoms with Gasteiger partial charge in [0.15, 0.2) is 0 Å². The molecule has 1 aromatic rings. The van der Waals surface area contributed by atoms with Gasteiger partial charge in [-0.2, -0.15) is 8.78 Å². The fraction of sp³-hybridized carbons (Fsp3) is 0.333. The minimum atomic E-state index is -3.96. The Morgan fingerprint density at radius 3 is 2.50 bits per heavy atom. The molecule has 16 heavy (non-hydrogen) atoms. The second kappa shape index (κ2) is 4.97. The van der Waals surface area contributed by atoms with Gasteiger partial charge in [0.1, 0.15) is 5.75 Å². The highest BCUT2D eigenvalue weighted by molar-refractivity contribution is 8.13. The molecule has 0 spiro atoms. The Bertz CT molecular complexity index is 474. The van der Waals surface area contributed by atoms with Crippen LogP contribution in [0.2, 0.25) is 0 Å². The van der Waals surface area contributed by atoms with Gasteiger partial charge in [0.25, 0.3) is 9.05 Å². The standard InChI is InChI=1S/C9H9ClF2O3S/c1-2-6-3-4-7(15-9(11)12)5-8(6)16(10,13)14/h3-5,9H,2H2,1H3. The van der Waals surface area contributed by atoms with Gasteiger partial charge < -0.3 is 4.74 Å². The lowest BCUT2D eigenvalue weighted by molar-refractivity contribution is -0.0500. The molecule has 0 unspecified atom stereocenters. The van der Waals surface area contributed by atoms with Crippen molar-refractivity contribution >= 4 is 19.7 Å². The van der Waals surface area contributed by atoms with E-state index in [0.717, 1.165) is 6.07 Å². The van der Waals surface area contributed by atoms with Crippen molar-refractivity contribution in [1.82, 2.24) is 0 Å². The van der Waals surface area contributed by atoms with E-state index in [-0.39, 0.29) is 10.6 Å². The Hall–Kier alpha value is -0.880. The molecule has 0 aliphatic rings. The van der Waals surface area contributed by atoms with Crippen molar-refractivity contribution in [3.8, 4) is 5.75 Å². The van der Waals surface area contributed by atoms with Crippen LogP contribution in [0.4, 0.5) is 8.78 Å². The third-order valence-corrected chi connectivity index (χ3v) is 3.31. The third kappa shape index (κ3) is 3.31.